The lowest BCUT2D eigenvalue weighted by Crippen LogP contribution is -1.89. The highest BCUT2D eigenvalue weighted by atomic mass is 127. The molecule has 4 nitrogen and oxygen atoms in total. The number of aromatic amines is 1. The molecule has 0 unspecified atom stereocenters. The molecule has 2 aromatic rings. The zero-order chi connectivity index (χ0) is 9.26. The first-order valence-corrected chi connectivity index (χ1v) is 4.90. The van der Waals surface area contributed by atoms with Crippen LogP contribution in [0.2, 0.25) is 5.15 Å². The molecule has 13 heavy (non-hydrogen) atoms. The molecule has 66 valence electrons. The van der Waals surface area contributed by atoms with Gasteiger partial charge in [-0.15, -0.1) is 0 Å². The lowest BCUT2D eigenvalue weighted by molar-refractivity contribution is 1.09. The predicted octanol–water partition coefficient (Wildman–Crippen LogP) is 2.12. The Morgan fingerprint density at radius 3 is 2.85 bits per heavy atom. The summed E-state index contributed by atoms with van der Waals surface area (Å²) in [4.78, 5) is 8.22. The van der Waals surface area contributed by atoms with Crippen LogP contribution in [0, 0.1) is 3.57 Å². The molecule has 0 fully saturated rings. The van der Waals surface area contributed by atoms with Crippen LogP contribution < -0.4 is 0 Å². The third-order valence-electron chi connectivity index (χ3n) is 1.46. The van der Waals surface area contributed by atoms with E-state index in [1.807, 2.05) is 0 Å². The average molecular weight is 306 g/mol. The second-order valence-corrected chi connectivity index (χ2v) is 3.84. The first kappa shape index (κ1) is 8.89. The molecule has 0 aliphatic carbocycles. The number of rotatable bonds is 1. The zero-order valence-corrected chi connectivity index (χ0v) is 9.24. The van der Waals surface area contributed by atoms with E-state index in [4.69, 9.17) is 11.6 Å². The second kappa shape index (κ2) is 3.59. The van der Waals surface area contributed by atoms with Crippen molar-refractivity contribution in [2.75, 3.05) is 0 Å². The zero-order valence-electron chi connectivity index (χ0n) is 6.33. The van der Waals surface area contributed by atoms with Crippen molar-refractivity contribution >= 4 is 34.2 Å². The highest BCUT2D eigenvalue weighted by molar-refractivity contribution is 14.1. The van der Waals surface area contributed by atoms with E-state index in [-0.39, 0.29) is 0 Å². The summed E-state index contributed by atoms with van der Waals surface area (Å²) < 4.78 is 0.839. The largest absolute Gasteiger partial charge is 0.285 e. The number of hydrogen-bond acceptors (Lipinski definition) is 3. The lowest BCUT2D eigenvalue weighted by atomic mass is 10.3. The quantitative estimate of drug-likeness (QED) is 0.648. The molecule has 1 N–H and O–H groups in total. The SMILES string of the molecule is Clc1nc(-c2cn[nH]c2)ncc1I. The number of aromatic nitrogens is 4. The van der Waals surface area contributed by atoms with Gasteiger partial charge in [0.05, 0.1) is 15.3 Å². The van der Waals surface area contributed by atoms with Crippen molar-refractivity contribution in [3.8, 4) is 11.4 Å². The van der Waals surface area contributed by atoms with E-state index in [9.17, 15) is 0 Å². The minimum absolute atomic E-state index is 0.465. The van der Waals surface area contributed by atoms with Crippen molar-refractivity contribution in [2.24, 2.45) is 0 Å². The molecule has 0 bridgehead atoms. The van der Waals surface area contributed by atoms with Crippen LogP contribution in [-0.2, 0) is 0 Å². The van der Waals surface area contributed by atoms with E-state index < -0.39 is 0 Å². The van der Waals surface area contributed by atoms with Crippen molar-refractivity contribution in [3.05, 3.63) is 27.3 Å². The maximum Gasteiger partial charge on any atom is 0.164 e. The van der Waals surface area contributed by atoms with E-state index in [2.05, 4.69) is 42.8 Å². The van der Waals surface area contributed by atoms with Gasteiger partial charge in [-0.3, -0.25) is 5.10 Å². The van der Waals surface area contributed by atoms with E-state index in [1.54, 1.807) is 18.6 Å². The standard InChI is InChI=1S/C7H4ClIN4/c8-6-5(9)3-10-7(13-6)4-1-11-12-2-4/h1-3H,(H,11,12). The molecule has 0 aliphatic heterocycles. The summed E-state index contributed by atoms with van der Waals surface area (Å²) in [5, 5.41) is 6.95. The molecule has 0 saturated heterocycles. The van der Waals surface area contributed by atoms with Crippen LogP contribution in [-0.4, -0.2) is 20.2 Å². The van der Waals surface area contributed by atoms with Gasteiger partial charge < -0.3 is 0 Å². The maximum atomic E-state index is 5.84. The van der Waals surface area contributed by atoms with Gasteiger partial charge in [0, 0.05) is 12.4 Å². The van der Waals surface area contributed by atoms with E-state index in [1.165, 1.54) is 0 Å². The van der Waals surface area contributed by atoms with Gasteiger partial charge in [0.15, 0.2) is 5.82 Å². The second-order valence-electron chi connectivity index (χ2n) is 2.32. The summed E-state index contributed by atoms with van der Waals surface area (Å²) in [6.45, 7) is 0. The van der Waals surface area contributed by atoms with Crippen molar-refractivity contribution in [3.63, 3.8) is 0 Å². The van der Waals surface area contributed by atoms with Crippen molar-refractivity contribution in [2.45, 2.75) is 0 Å². The van der Waals surface area contributed by atoms with Crippen molar-refractivity contribution in [1.82, 2.24) is 20.2 Å². The van der Waals surface area contributed by atoms with Gasteiger partial charge in [-0.2, -0.15) is 5.10 Å². The van der Waals surface area contributed by atoms with Crippen LogP contribution in [0.4, 0.5) is 0 Å². The highest BCUT2D eigenvalue weighted by Crippen LogP contribution is 2.18. The number of hydrogen-bond donors (Lipinski definition) is 1. The van der Waals surface area contributed by atoms with Gasteiger partial charge in [-0.05, 0) is 22.6 Å². The number of nitrogens with zero attached hydrogens (tertiary/aromatic N) is 3. The monoisotopic (exact) mass is 306 g/mol. The molecule has 0 atom stereocenters. The third-order valence-corrected chi connectivity index (χ3v) is 2.85. The molecule has 0 saturated carbocycles. The van der Waals surface area contributed by atoms with Crippen LogP contribution in [0.3, 0.4) is 0 Å². The molecule has 2 heterocycles. The summed E-state index contributed by atoms with van der Waals surface area (Å²) in [7, 11) is 0. The van der Waals surface area contributed by atoms with Crippen molar-refractivity contribution in [1.29, 1.82) is 0 Å². The summed E-state index contributed by atoms with van der Waals surface area (Å²) in [6, 6.07) is 0. The Labute approximate surface area is 92.9 Å². The average Bonchev–Trinajstić information content (AvgIpc) is 2.62. The van der Waals surface area contributed by atoms with Gasteiger partial charge in [0.1, 0.15) is 5.15 Å². The minimum atomic E-state index is 0.465. The summed E-state index contributed by atoms with van der Waals surface area (Å²) in [5.41, 5.74) is 0.832. The molecule has 2 aromatic heterocycles. The highest BCUT2D eigenvalue weighted by Gasteiger charge is 2.05. The number of nitrogens with one attached hydrogen (secondary N) is 1. The van der Waals surface area contributed by atoms with Crippen LogP contribution in [0.25, 0.3) is 11.4 Å². The van der Waals surface area contributed by atoms with Crippen LogP contribution in [0.15, 0.2) is 18.6 Å². The van der Waals surface area contributed by atoms with E-state index >= 15 is 0 Å². The molecular formula is C7H4ClIN4. The van der Waals surface area contributed by atoms with Gasteiger partial charge in [0.2, 0.25) is 0 Å². The fourth-order valence-electron chi connectivity index (χ4n) is 0.859. The first-order chi connectivity index (χ1) is 6.27. The topological polar surface area (TPSA) is 54.5 Å². The molecule has 2 rings (SSSR count). The van der Waals surface area contributed by atoms with Crippen LogP contribution >= 0.6 is 34.2 Å². The van der Waals surface area contributed by atoms with E-state index in [0.717, 1.165) is 9.13 Å². The molecule has 0 spiro atoms. The van der Waals surface area contributed by atoms with Gasteiger partial charge in [-0.25, -0.2) is 9.97 Å². The Hall–Kier alpha value is -0.690. The Balaban J connectivity index is 2.49. The van der Waals surface area contributed by atoms with Crippen molar-refractivity contribution < 1.29 is 0 Å². The fourth-order valence-corrected chi connectivity index (χ4v) is 1.25. The van der Waals surface area contributed by atoms with Crippen LogP contribution in [0.1, 0.15) is 0 Å². The van der Waals surface area contributed by atoms with Gasteiger partial charge in [0.25, 0.3) is 0 Å². The molecule has 0 radical (unpaired) electrons. The Morgan fingerprint density at radius 1 is 1.38 bits per heavy atom. The molecule has 0 aromatic carbocycles. The Morgan fingerprint density at radius 2 is 2.23 bits per heavy atom. The molecule has 0 aliphatic rings. The molecule has 6 heteroatoms. The van der Waals surface area contributed by atoms with Gasteiger partial charge in [-0.1, -0.05) is 11.6 Å². The smallest absolute Gasteiger partial charge is 0.164 e. The predicted molar refractivity (Wildman–Crippen MR) is 57.3 cm³/mol. The minimum Gasteiger partial charge on any atom is -0.285 e. The Kier molecular flexibility index (Phi) is 2.45. The molecular weight excluding hydrogens is 302 g/mol. The normalized spacial score (nSPS) is 10.3. The summed E-state index contributed by atoms with van der Waals surface area (Å²) in [6.07, 6.45) is 5.05. The third kappa shape index (κ3) is 1.80. The maximum absolute atomic E-state index is 5.84. The van der Waals surface area contributed by atoms with E-state index in [0.29, 0.717) is 11.0 Å². The molecule has 0 amide bonds. The first-order valence-electron chi connectivity index (χ1n) is 3.44. The lowest BCUT2D eigenvalue weighted by Gasteiger charge is -1.97. The van der Waals surface area contributed by atoms with Gasteiger partial charge >= 0.3 is 0 Å². The number of H-pyrrole nitrogens is 1. The Bertz CT molecular complexity index is 414. The summed E-state index contributed by atoms with van der Waals surface area (Å²) in [5.74, 6) is 0.583. The summed E-state index contributed by atoms with van der Waals surface area (Å²) >= 11 is 7.92. The van der Waals surface area contributed by atoms with Crippen LogP contribution in [0.5, 0.6) is 0 Å². The number of halogens is 2. The fraction of sp³-hybridized carbons (Fsp3) is 0.